The topological polar surface area (TPSA) is 275 Å². The van der Waals surface area contributed by atoms with Crippen LogP contribution in [0, 0.1) is 0 Å². The van der Waals surface area contributed by atoms with Gasteiger partial charge >= 0.3 is 15.4 Å². The number of hydrogen-bond acceptors (Lipinski definition) is 16. The maximum Gasteiger partial charge on any atom is 0.472 e. The molecule has 0 aromatic carbocycles. The molecule has 0 radical (unpaired) electrons. The molecule has 3 aliphatic rings. The number of amides is 2. The molecule has 4 N–H and O–H groups in total. The van der Waals surface area contributed by atoms with Crippen LogP contribution < -0.4 is 10.6 Å². The number of halogens is 2. The number of ether oxygens (including phenoxy) is 3. The van der Waals surface area contributed by atoms with Crippen molar-refractivity contribution in [1.29, 1.82) is 0 Å². The molecule has 0 aliphatic carbocycles. The summed E-state index contributed by atoms with van der Waals surface area (Å²) in [5.41, 5.74) is 0.163. The number of carbonyl (C=O) groups excluding carboxylic acids is 2. The lowest BCUT2D eigenvalue weighted by atomic mass is 10.1. The van der Waals surface area contributed by atoms with E-state index in [2.05, 4.69) is 53.7 Å². The molecule has 0 saturated carbocycles. The Hall–Kier alpha value is -4.48. The summed E-state index contributed by atoms with van der Waals surface area (Å²) in [6.45, 7) is 5.39. The molecule has 0 bridgehead atoms. The van der Waals surface area contributed by atoms with E-state index in [4.69, 9.17) is 27.8 Å². The Labute approximate surface area is 320 Å². The van der Waals surface area contributed by atoms with Gasteiger partial charge in [-0.1, -0.05) is 12.2 Å². The van der Waals surface area contributed by atoms with E-state index in [-0.39, 0.29) is 52.7 Å². The number of phosphoric acid groups is 1. The van der Waals surface area contributed by atoms with Crippen molar-refractivity contribution in [2.24, 2.45) is 0 Å². The summed E-state index contributed by atoms with van der Waals surface area (Å²) in [5, 5.41) is 5.19. The van der Waals surface area contributed by atoms with E-state index < -0.39 is 90.1 Å². The maximum atomic E-state index is 16.3. The zero-order valence-electron chi connectivity index (χ0n) is 29.7. The number of nitrogens with one attached hydrogen (secondary N) is 2. The van der Waals surface area contributed by atoms with Crippen molar-refractivity contribution in [2.75, 3.05) is 30.2 Å². The van der Waals surface area contributed by atoms with Gasteiger partial charge < -0.3 is 39.2 Å². The van der Waals surface area contributed by atoms with Crippen LogP contribution in [0.5, 0.6) is 0 Å². The van der Waals surface area contributed by atoms with Crippen LogP contribution in [0.3, 0.4) is 0 Å². The normalized spacial score (nSPS) is 32.1. The van der Waals surface area contributed by atoms with Crippen LogP contribution in [-0.4, -0.2) is 117 Å². The molecule has 0 spiro atoms. The number of alkyl halides is 2. The fourth-order valence-corrected chi connectivity index (χ4v) is 8.07. The quantitative estimate of drug-likeness (QED) is 0.132. The van der Waals surface area contributed by atoms with Crippen molar-refractivity contribution in [3.8, 4) is 0 Å². The van der Waals surface area contributed by atoms with Crippen LogP contribution >= 0.6 is 15.4 Å². The van der Waals surface area contributed by atoms with E-state index in [0.717, 1.165) is 34.4 Å². The van der Waals surface area contributed by atoms with Crippen molar-refractivity contribution in [1.82, 2.24) is 39.0 Å². The van der Waals surface area contributed by atoms with Crippen LogP contribution in [0.1, 0.15) is 38.1 Å². The Kier molecular flexibility index (Phi) is 12.0. The predicted octanol–water partition coefficient (Wildman–Crippen LogP) is 3.01. The third-order valence-electron chi connectivity index (χ3n) is 8.99. The Balaban J connectivity index is 1.10. The van der Waals surface area contributed by atoms with Crippen molar-refractivity contribution >= 4 is 61.2 Å². The van der Waals surface area contributed by atoms with Crippen LogP contribution in [0.25, 0.3) is 22.3 Å². The van der Waals surface area contributed by atoms with E-state index in [1.54, 1.807) is 12.2 Å². The molecule has 4 aromatic heterocycles. The smallest absolute Gasteiger partial charge is 0.360 e. The molecule has 7 heterocycles. The number of aromatic nitrogens is 8. The van der Waals surface area contributed by atoms with Crippen LogP contribution in [0.2, 0.25) is 0 Å². The van der Waals surface area contributed by atoms with E-state index >= 15 is 8.78 Å². The monoisotopic (exact) mass is 840 g/mol. The molecular weight excluding hydrogens is 804 g/mol. The molecule has 2 amide bonds. The summed E-state index contributed by atoms with van der Waals surface area (Å²) in [7, 11) is -10.0. The summed E-state index contributed by atoms with van der Waals surface area (Å²) >= 11 is 0. The first-order valence-electron chi connectivity index (χ1n) is 17.3. The fourth-order valence-electron chi connectivity index (χ4n) is 6.30. The van der Waals surface area contributed by atoms with Gasteiger partial charge in [-0.15, -0.1) is 13.2 Å². The van der Waals surface area contributed by atoms with Gasteiger partial charge in [-0.05, 0) is 12.8 Å². The molecule has 7 rings (SSSR count). The Bertz CT molecular complexity index is 2270. The molecule has 3 fully saturated rings. The molecule has 3 unspecified atom stereocenters. The van der Waals surface area contributed by atoms with Crippen LogP contribution in [-0.2, 0) is 46.5 Å². The highest BCUT2D eigenvalue weighted by molar-refractivity contribution is 7.52. The molecule has 10 atom stereocenters. The Morgan fingerprint density at radius 2 is 1.28 bits per heavy atom. The van der Waals surface area contributed by atoms with Gasteiger partial charge in [0.2, 0.25) is 11.8 Å². The minimum absolute atomic E-state index is 0.00237. The molecule has 26 heteroatoms. The third-order valence-corrected chi connectivity index (χ3v) is 11.0. The number of imidazole rings is 2. The van der Waals surface area contributed by atoms with E-state index in [1.165, 1.54) is 0 Å². The van der Waals surface area contributed by atoms with Gasteiger partial charge in [0.15, 0.2) is 58.8 Å². The second-order valence-corrected chi connectivity index (χ2v) is 16.1. The number of allylic oxidation sites excluding steroid dienone is 2. The van der Waals surface area contributed by atoms with Gasteiger partial charge in [0.1, 0.15) is 43.4 Å². The van der Waals surface area contributed by atoms with Crippen molar-refractivity contribution in [3.63, 3.8) is 0 Å². The van der Waals surface area contributed by atoms with Gasteiger partial charge in [0.05, 0.1) is 25.9 Å². The SMILES string of the molecule is C=CCCC(=O)Nc1ncnc2c1ncn2[C@@H]1O[C@@H]2COP(=O)(O)O[C@@H]3C(COP(=O)(O)CO[C@H]2[C@H]1F)O[C@@H](n1cnc2c(NC(=O)CCC=C)ncnc21)[C@@H]3F. The number of anilines is 2. The molecular formula is C31H36F2N10O12P2. The fraction of sp³-hybridized carbons (Fsp3) is 0.484. The Morgan fingerprint density at radius 3 is 1.81 bits per heavy atom. The number of phosphoric ester groups is 1. The van der Waals surface area contributed by atoms with E-state index in [0.29, 0.717) is 12.8 Å². The average Bonchev–Trinajstić information content (AvgIpc) is 3.95. The van der Waals surface area contributed by atoms with Gasteiger partial charge in [-0.25, -0.2) is 43.2 Å². The first-order chi connectivity index (χ1) is 27.3. The zero-order chi connectivity index (χ0) is 40.5. The summed E-state index contributed by atoms with van der Waals surface area (Å²) < 4.78 is 94.1. The molecule has 306 valence electrons. The number of hydrogen-bond donors (Lipinski definition) is 4. The number of carbonyl (C=O) groups is 2. The summed E-state index contributed by atoms with van der Waals surface area (Å²) in [6, 6.07) is 0. The Morgan fingerprint density at radius 1 is 0.789 bits per heavy atom. The predicted molar refractivity (Wildman–Crippen MR) is 191 cm³/mol. The lowest BCUT2D eigenvalue weighted by Gasteiger charge is -2.23. The number of nitrogens with zero attached hydrogens (tertiary/aromatic N) is 8. The van der Waals surface area contributed by atoms with Gasteiger partial charge in [0, 0.05) is 12.8 Å². The number of fused-ring (bicyclic) bond motifs is 4. The standard InChI is InChI=1S/C31H36F2N10O12P2/c1-3-5-7-18(44)40-26-22-28(36-11-34-26)42(13-38-22)30-20(32)24-16(53-30)10-52-57(48,49)55-25-17(9-51-56(46,47)15-50-24)54-31(21(25)33)43-14-39-23-27(35-12-37-29(23)43)41-19(45)8-6-4-2/h3-4,11-14,16-17,20-21,24-25,30-31H,1-2,5-10,15H2,(H,46,47)(H,48,49)(H,34,36,40,44)(H,35,37,41,45)/t16-,17?,20-,21-,24-,25-,30-,31-/m1/s1. The lowest BCUT2D eigenvalue weighted by molar-refractivity contribution is -0.117. The third kappa shape index (κ3) is 8.70. The second-order valence-electron chi connectivity index (χ2n) is 12.9. The summed E-state index contributed by atoms with van der Waals surface area (Å²) in [5.74, 6) is -0.732. The molecule has 22 nitrogen and oxygen atoms in total. The minimum atomic E-state index is -5.25. The highest BCUT2D eigenvalue weighted by atomic mass is 31.2. The molecule has 57 heavy (non-hydrogen) atoms. The van der Waals surface area contributed by atoms with Gasteiger partial charge in [-0.2, -0.15) is 0 Å². The lowest BCUT2D eigenvalue weighted by Crippen LogP contribution is -2.35. The van der Waals surface area contributed by atoms with E-state index in [1.807, 2.05) is 0 Å². The van der Waals surface area contributed by atoms with Crippen LogP contribution in [0.15, 0.2) is 50.6 Å². The first-order valence-corrected chi connectivity index (χ1v) is 20.5. The average molecular weight is 841 g/mol. The van der Waals surface area contributed by atoms with Crippen molar-refractivity contribution in [2.45, 2.75) is 74.9 Å². The van der Waals surface area contributed by atoms with Crippen molar-refractivity contribution < 1.29 is 65.1 Å². The maximum absolute atomic E-state index is 16.3. The van der Waals surface area contributed by atoms with Crippen LogP contribution in [0.4, 0.5) is 20.4 Å². The highest BCUT2D eigenvalue weighted by Gasteiger charge is 2.53. The largest absolute Gasteiger partial charge is 0.472 e. The van der Waals surface area contributed by atoms with Crippen molar-refractivity contribution in [3.05, 3.63) is 50.6 Å². The first kappa shape index (κ1) is 40.7. The minimum Gasteiger partial charge on any atom is -0.360 e. The molecule has 3 aliphatic heterocycles. The highest BCUT2D eigenvalue weighted by Crippen LogP contribution is 2.52. The van der Waals surface area contributed by atoms with E-state index in [9.17, 15) is 28.5 Å². The molecule has 3 saturated heterocycles. The van der Waals surface area contributed by atoms with Gasteiger partial charge in [-0.3, -0.25) is 32.3 Å². The number of rotatable bonds is 10. The second kappa shape index (κ2) is 16.8. The van der Waals surface area contributed by atoms with Gasteiger partial charge in [0.25, 0.3) is 0 Å². The molecule has 4 aromatic rings. The summed E-state index contributed by atoms with van der Waals surface area (Å²) in [4.78, 5) is 70.9. The summed E-state index contributed by atoms with van der Waals surface area (Å²) in [6.07, 6.45) is -6.88. The zero-order valence-corrected chi connectivity index (χ0v) is 31.4.